The van der Waals surface area contributed by atoms with Crippen molar-refractivity contribution in [3.63, 3.8) is 0 Å². The van der Waals surface area contributed by atoms with Gasteiger partial charge in [0.2, 0.25) is 5.91 Å². The van der Waals surface area contributed by atoms with E-state index in [1.54, 1.807) is 12.1 Å². The third-order valence-corrected chi connectivity index (χ3v) is 6.55. The Kier molecular flexibility index (Phi) is 6.23. The summed E-state index contributed by atoms with van der Waals surface area (Å²) in [6.07, 6.45) is 4.29. The number of likely N-dealkylation sites (tertiary alicyclic amines) is 1. The minimum Gasteiger partial charge on any atom is -0.353 e. The normalized spacial score (nSPS) is 21.1. The van der Waals surface area contributed by atoms with Gasteiger partial charge in [-0.05, 0) is 43.7 Å². The number of carbonyl (C=O) groups is 1. The van der Waals surface area contributed by atoms with Crippen LogP contribution in [0.15, 0.2) is 36.5 Å². The highest BCUT2D eigenvalue weighted by Crippen LogP contribution is 2.31. The molecule has 2 fully saturated rings. The van der Waals surface area contributed by atoms with Gasteiger partial charge in [-0.25, -0.2) is 4.39 Å². The summed E-state index contributed by atoms with van der Waals surface area (Å²) >= 11 is 6.15. The van der Waals surface area contributed by atoms with E-state index < -0.39 is 0 Å². The Hall–Kier alpha value is -1.89. The Morgan fingerprint density at radius 2 is 1.93 bits per heavy atom. The lowest BCUT2D eigenvalue weighted by Gasteiger charge is -2.36. The first-order chi connectivity index (χ1) is 14.0. The van der Waals surface area contributed by atoms with Gasteiger partial charge in [0.05, 0.1) is 12.6 Å². The fourth-order valence-corrected chi connectivity index (χ4v) is 4.73. The molecule has 0 N–H and O–H groups in total. The number of piperazine rings is 1. The van der Waals surface area contributed by atoms with Crippen LogP contribution in [0.4, 0.5) is 4.39 Å². The van der Waals surface area contributed by atoms with Gasteiger partial charge in [-0.2, -0.15) is 0 Å². The third kappa shape index (κ3) is 4.49. The maximum Gasteiger partial charge on any atom is 0.236 e. The number of amides is 1. The van der Waals surface area contributed by atoms with E-state index in [0.29, 0.717) is 42.8 Å². The third-order valence-electron chi connectivity index (χ3n) is 6.20. The van der Waals surface area contributed by atoms with Crippen LogP contribution in [0.1, 0.15) is 30.1 Å². The molecule has 0 aliphatic carbocycles. The second-order valence-corrected chi connectivity index (χ2v) is 8.44. The summed E-state index contributed by atoms with van der Waals surface area (Å²) in [5, 5.41) is 0.462. The number of aromatic nitrogens is 1. The van der Waals surface area contributed by atoms with Gasteiger partial charge >= 0.3 is 0 Å². The largest absolute Gasteiger partial charge is 0.353 e. The predicted molar refractivity (Wildman–Crippen MR) is 112 cm³/mol. The first kappa shape index (κ1) is 20.4. The van der Waals surface area contributed by atoms with E-state index in [1.807, 2.05) is 4.90 Å². The number of carbonyl (C=O) groups excluding carboxylic acids is 1. The van der Waals surface area contributed by atoms with Crippen LogP contribution in [0.25, 0.3) is 0 Å². The lowest BCUT2D eigenvalue weighted by Crippen LogP contribution is -2.50. The van der Waals surface area contributed by atoms with Crippen molar-refractivity contribution in [2.24, 2.45) is 7.05 Å². The molecule has 0 radical (unpaired) electrons. The summed E-state index contributed by atoms with van der Waals surface area (Å²) in [5.41, 5.74) is 1.82. The van der Waals surface area contributed by atoms with Gasteiger partial charge in [0, 0.05) is 62.2 Å². The second-order valence-electron chi connectivity index (χ2n) is 8.03. The SMILES string of the molecule is Cn1cccc1[C@@H]1CCCN1CC(=O)N1CCN(Cc2c(F)cccc2Cl)CC1. The highest BCUT2D eigenvalue weighted by Gasteiger charge is 2.31. The fourth-order valence-electron chi connectivity index (χ4n) is 4.51. The van der Waals surface area contributed by atoms with Crippen LogP contribution < -0.4 is 0 Å². The lowest BCUT2D eigenvalue weighted by molar-refractivity contribution is -0.134. The van der Waals surface area contributed by atoms with Crippen molar-refractivity contribution in [2.75, 3.05) is 39.3 Å². The molecule has 2 aliphatic rings. The van der Waals surface area contributed by atoms with Gasteiger partial charge in [0.1, 0.15) is 5.82 Å². The second kappa shape index (κ2) is 8.86. The van der Waals surface area contributed by atoms with Crippen LogP contribution in [-0.2, 0) is 18.4 Å². The molecule has 0 unspecified atom stereocenters. The lowest BCUT2D eigenvalue weighted by atomic mass is 10.1. The Bertz CT molecular complexity index is 842. The zero-order chi connectivity index (χ0) is 20.4. The Labute approximate surface area is 176 Å². The van der Waals surface area contributed by atoms with E-state index in [4.69, 9.17) is 11.6 Å². The Morgan fingerprint density at radius 3 is 2.62 bits per heavy atom. The van der Waals surface area contributed by atoms with Crippen LogP contribution in [-0.4, -0.2) is 64.4 Å². The topological polar surface area (TPSA) is 31.7 Å². The molecular weight excluding hydrogens is 391 g/mol. The van der Waals surface area contributed by atoms with Gasteiger partial charge in [0.15, 0.2) is 0 Å². The molecule has 3 heterocycles. The first-order valence-corrected chi connectivity index (χ1v) is 10.7. The number of rotatable bonds is 5. The zero-order valence-corrected chi connectivity index (χ0v) is 17.6. The summed E-state index contributed by atoms with van der Waals surface area (Å²) in [6.45, 7) is 4.73. The molecule has 5 nitrogen and oxygen atoms in total. The average molecular weight is 419 g/mol. The maximum absolute atomic E-state index is 14.0. The van der Waals surface area contributed by atoms with Crippen molar-refractivity contribution in [1.82, 2.24) is 19.3 Å². The van der Waals surface area contributed by atoms with Crippen LogP contribution in [0.2, 0.25) is 5.02 Å². The summed E-state index contributed by atoms with van der Waals surface area (Å²) in [7, 11) is 2.06. The highest BCUT2D eigenvalue weighted by molar-refractivity contribution is 6.31. The van der Waals surface area contributed by atoms with E-state index in [9.17, 15) is 9.18 Å². The minimum absolute atomic E-state index is 0.190. The molecule has 0 spiro atoms. The van der Waals surface area contributed by atoms with Crippen LogP contribution in [0.5, 0.6) is 0 Å². The summed E-state index contributed by atoms with van der Waals surface area (Å²) in [4.78, 5) is 19.3. The van der Waals surface area contributed by atoms with Crippen LogP contribution in [0.3, 0.4) is 0 Å². The molecule has 29 heavy (non-hydrogen) atoms. The van der Waals surface area contributed by atoms with E-state index >= 15 is 0 Å². The van der Waals surface area contributed by atoms with E-state index in [1.165, 1.54) is 11.8 Å². The van der Waals surface area contributed by atoms with Gasteiger partial charge < -0.3 is 9.47 Å². The quantitative estimate of drug-likeness (QED) is 0.746. The number of halogens is 2. The summed E-state index contributed by atoms with van der Waals surface area (Å²) < 4.78 is 16.2. The summed E-state index contributed by atoms with van der Waals surface area (Å²) in [5.74, 6) is -0.0774. The monoisotopic (exact) mass is 418 g/mol. The first-order valence-electron chi connectivity index (χ1n) is 10.3. The average Bonchev–Trinajstić information content (AvgIpc) is 3.33. The molecule has 2 aliphatic heterocycles. The van der Waals surface area contributed by atoms with Crippen LogP contribution in [0, 0.1) is 5.82 Å². The molecule has 1 amide bonds. The van der Waals surface area contributed by atoms with Crippen molar-refractivity contribution in [3.8, 4) is 0 Å². The van der Waals surface area contributed by atoms with Gasteiger partial charge in [-0.15, -0.1) is 0 Å². The molecule has 0 bridgehead atoms. The molecule has 2 aromatic rings. The van der Waals surface area contributed by atoms with Gasteiger partial charge in [-0.1, -0.05) is 17.7 Å². The molecule has 1 atom stereocenters. The highest BCUT2D eigenvalue weighted by atomic mass is 35.5. The minimum atomic E-state index is -0.267. The van der Waals surface area contributed by atoms with Gasteiger partial charge in [-0.3, -0.25) is 14.6 Å². The number of hydrogen-bond donors (Lipinski definition) is 0. The van der Waals surface area contributed by atoms with E-state index in [2.05, 4.69) is 39.7 Å². The zero-order valence-electron chi connectivity index (χ0n) is 16.9. The number of hydrogen-bond acceptors (Lipinski definition) is 3. The number of benzene rings is 1. The molecule has 2 saturated heterocycles. The van der Waals surface area contributed by atoms with Crippen molar-refractivity contribution >= 4 is 17.5 Å². The fraction of sp³-hybridized carbons (Fsp3) is 0.500. The van der Waals surface area contributed by atoms with E-state index in [-0.39, 0.29) is 11.7 Å². The van der Waals surface area contributed by atoms with E-state index in [0.717, 1.165) is 32.5 Å². The molecular formula is C22H28ClFN4O. The van der Waals surface area contributed by atoms with Crippen molar-refractivity contribution in [1.29, 1.82) is 0 Å². The Morgan fingerprint density at radius 1 is 1.14 bits per heavy atom. The standard InChI is InChI=1S/C22H28ClFN4O/c1-25-9-3-7-20(25)21-8-4-10-28(21)16-22(29)27-13-11-26(12-14-27)15-17-18(23)5-2-6-19(17)24/h2-3,5-7,9,21H,4,8,10-16H2,1H3/t21-/m0/s1. The molecule has 1 aromatic carbocycles. The smallest absolute Gasteiger partial charge is 0.236 e. The predicted octanol–water partition coefficient (Wildman–Crippen LogP) is 3.30. The van der Waals surface area contributed by atoms with Crippen molar-refractivity contribution in [2.45, 2.75) is 25.4 Å². The molecule has 7 heteroatoms. The number of nitrogens with zero attached hydrogens (tertiary/aromatic N) is 4. The van der Waals surface area contributed by atoms with Gasteiger partial charge in [0.25, 0.3) is 0 Å². The summed E-state index contributed by atoms with van der Waals surface area (Å²) in [6, 6.07) is 9.33. The number of aryl methyl sites for hydroxylation is 1. The molecule has 1 aromatic heterocycles. The molecule has 4 rings (SSSR count). The van der Waals surface area contributed by atoms with Crippen molar-refractivity contribution < 1.29 is 9.18 Å². The molecule has 0 saturated carbocycles. The molecule has 156 valence electrons. The Balaban J connectivity index is 1.31. The van der Waals surface area contributed by atoms with Crippen LogP contribution >= 0.6 is 11.6 Å². The maximum atomic E-state index is 14.0. The van der Waals surface area contributed by atoms with Crippen molar-refractivity contribution in [3.05, 3.63) is 58.6 Å².